The van der Waals surface area contributed by atoms with Crippen LogP contribution in [0, 0.1) is 13.8 Å². The Balaban J connectivity index is 1.69. The van der Waals surface area contributed by atoms with Crippen molar-refractivity contribution < 1.29 is 9.32 Å². The molecule has 1 fully saturated rings. The summed E-state index contributed by atoms with van der Waals surface area (Å²) in [5.74, 6) is 0.888. The van der Waals surface area contributed by atoms with Gasteiger partial charge in [-0.15, -0.1) is 0 Å². The Bertz CT molecular complexity index is 403. The van der Waals surface area contributed by atoms with Crippen LogP contribution in [0.3, 0.4) is 0 Å². The molecule has 1 atom stereocenters. The van der Waals surface area contributed by atoms with Crippen molar-refractivity contribution in [1.82, 2.24) is 15.8 Å². The third-order valence-corrected chi connectivity index (χ3v) is 3.78. The lowest BCUT2D eigenvalue weighted by Crippen LogP contribution is -2.35. The van der Waals surface area contributed by atoms with Crippen LogP contribution in [0.1, 0.15) is 49.1 Å². The molecule has 1 aromatic rings. The zero-order valence-corrected chi connectivity index (χ0v) is 11.8. The number of nitrogens with one attached hydrogen (secondary N) is 2. The van der Waals surface area contributed by atoms with Crippen LogP contribution in [0.25, 0.3) is 0 Å². The van der Waals surface area contributed by atoms with E-state index in [1.54, 1.807) is 0 Å². The first-order chi connectivity index (χ1) is 9.16. The first kappa shape index (κ1) is 14.1. The van der Waals surface area contributed by atoms with E-state index in [0.717, 1.165) is 30.0 Å². The maximum Gasteiger partial charge on any atom is 0.220 e. The summed E-state index contributed by atoms with van der Waals surface area (Å²) < 4.78 is 5.07. The van der Waals surface area contributed by atoms with E-state index >= 15 is 0 Å². The largest absolute Gasteiger partial charge is 0.361 e. The molecule has 0 spiro atoms. The summed E-state index contributed by atoms with van der Waals surface area (Å²) in [6.45, 7) is 5.36. The van der Waals surface area contributed by atoms with Crippen LogP contribution in [-0.2, 0) is 11.3 Å². The van der Waals surface area contributed by atoms with E-state index in [-0.39, 0.29) is 5.91 Å². The molecular formula is C14H23N3O2. The summed E-state index contributed by atoms with van der Waals surface area (Å²) in [5, 5.41) is 10.3. The van der Waals surface area contributed by atoms with Crippen LogP contribution in [-0.4, -0.2) is 23.7 Å². The maximum atomic E-state index is 11.8. The first-order valence-electron chi connectivity index (χ1n) is 7.08. The fraction of sp³-hybridized carbons (Fsp3) is 0.714. The summed E-state index contributed by atoms with van der Waals surface area (Å²) in [5.41, 5.74) is 1.84. The number of aryl methyl sites for hydroxylation is 2. The van der Waals surface area contributed by atoms with Crippen molar-refractivity contribution in [2.75, 3.05) is 6.54 Å². The van der Waals surface area contributed by atoms with Gasteiger partial charge in [0.15, 0.2) is 0 Å². The Labute approximate surface area is 114 Å². The number of hydrogen-bond donors (Lipinski definition) is 2. The van der Waals surface area contributed by atoms with Crippen LogP contribution in [0.4, 0.5) is 0 Å². The molecule has 2 rings (SSSR count). The SMILES string of the molecule is Cc1noc(C)c1CNC(=O)CCC1CCCCN1. The molecule has 1 amide bonds. The number of nitrogens with zero attached hydrogens (tertiary/aromatic N) is 1. The Morgan fingerprint density at radius 3 is 2.95 bits per heavy atom. The average molecular weight is 265 g/mol. The Kier molecular flexibility index (Phi) is 4.96. The Morgan fingerprint density at radius 2 is 2.32 bits per heavy atom. The van der Waals surface area contributed by atoms with E-state index in [9.17, 15) is 4.79 Å². The third-order valence-electron chi connectivity index (χ3n) is 3.78. The van der Waals surface area contributed by atoms with E-state index in [1.165, 1.54) is 19.3 Å². The van der Waals surface area contributed by atoms with E-state index in [2.05, 4.69) is 15.8 Å². The van der Waals surface area contributed by atoms with Crippen molar-refractivity contribution in [1.29, 1.82) is 0 Å². The van der Waals surface area contributed by atoms with Gasteiger partial charge in [0.1, 0.15) is 5.76 Å². The third kappa shape index (κ3) is 4.06. The fourth-order valence-electron chi connectivity index (χ4n) is 2.51. The number of aromatic nitrogens is 1. The number of carbonyl (C=O) groups is 1. The van der Waals surface area contributed by atoms with Crippen LogP contribution >= 0.6 is 0 Å². The summed E-state index contributed by atoms with van der Waals surface area (Å²) in [6, 6.07) is 0.513. The molecule has 0 radical (unpaired) electrons. The van der Waals surface area contributed by atoms with Gasteiger partial charge < -0.3 is 15.2 Å². The highest BCUT2D eigenvalue weighted by Crippen LogP contribution is 2.13. The number of hydrogen-bond acceptors (Lipinski definition) is 4. The second-order valence-corrected chi connectivity index (χ2v) is 5.26. The molecule has 0 aromatic carbocycles. The second-order valence-electron chi connectivity index (χ2n) is 5.26. The molecule has 1 aliphatic heterocycles. The molecule has 1 unspecified atom stereocenters. The minimum Gasteiger partial charge on any atom is -0.361 e. The molecule has 0 aliphatic carbocycles. The quantitative estimate of drug-likeness (QED) is 0.852. The lowest BCUT2D eigenvalue weighted by molar-refractivity contribution is -0.121. The highest BCUT2D eigenvalue weighted by molar-refractivity contribution is 5.75. The number of carbonyl (C=O) groups excluding carboxylic acids is 1. The Morgan fingerprint density at radius 1 is 1.47 bits per heavy atom. The minimum absolute atomic E-state index is 0.104. The number of rotatable bonds is 5. The highest BCUT2D eigenvalue weighted by atomic mass is 16.5. The van der Waals surface area contributed by atoms with Gasteiger partial charge in [0, 0.05) is 24.6 Å². The van der Waals surface area contributed by atoms with Crippen molar-refractivity contribution in [2.45, 2.75) is 58.5 Å². The van der Waals surface area contributed by atoms with Crippen molar-refractivity contribution in [2.24, 2.45) is 0 Å². The molecule has 1 saturated heterocycles. The monoisotopic (exact) mass is 265 g/mol. The van der Waals surface area contributed by atoms with Gasteiger partial charge >= 0.3 is 0 Å². The molecule has 19 heavy (non-hydrogen) atoms. The smallest absolute Gasteiger partial charge is 0.220 e. The molecule has 2 heterocycles. The van der Waals surface area contributed by atoms with Gasteiger partial charge in [-0.2, -0.15) is 0 Å². The van der Waals surface area contributed by atoms with E-state index < -0.39 is 0 Å². The molecule has 106 valence electrons. The molecule has 1 aliphatic rings. The van der Waals surface area contributed by atoms with Crippen LogP contribution < -0.4 is 10.6 Å². The summed E-state index contributed by atoms with van der Waals surface area (Å²) in [6.07, 6.45) is 5.23. The molecule has 0 saturated carbocycles. The predicted octanol–water partition coefficient (Wildman–Crippen LogP) is 1.83. The molecule has 5 heteroatoms. The number of amides is 1. The van der Waals surface area contributed by atoms with Gasteiger partial charge in [-0.3, -0.25) is 4.79 Å². The first-order valence-corrected chi connectivity index (χ1v) is 7.08. The van der Waals surface area contributed by atoms with Crippen molar-refractivity contribution in [3.05, 3.63) is 17.0 Å². The predicted molar refractivity (Wildman–Crippen MR) is 72.7 cm³/mol. The van der Waals surface area contributed by atoms with Crippen LogP contribution in [0.15, 0.2) is 4.52 Å². The minimum atomic E-state index is 0.104. The maximum absolute atomic E-state index is 11.8. The lowest BCUT2D eigenvalue weighted by atomic mass is 10.0. The van der Waals surface area contributed by atoms with Gasteiger partial charge in [0.25, 0.3) is 0 Å². The van der Waals surface area contributed by atoms with E-state index in [4.69, 9.17) is 4.52 Å². The summed E-state index contributed by atoms with van der Waals surface area (Å²) in [7, 11) is 0. The molecule has 0 bridgehead atoms. The average Bonchev–Trinajstić information content (AvgIpc) is 2.75. The molecule has 1 aromatic heterocycles. The second kappa shape index (κ2) is 6.70. The van der Waals surface area contributed by atoms with Gasteiger partial charge in [-0.05, 0) is 39.7 Å². The zero-order valence-electron chi connectivity index (χ0n) is 11.8. The Hall–Kier alpha value is -1.36. The standard InChI is InChI=1S/C14H23N3O2/c1-10-13(11(2)19-17-10)9-16-14(18)7-6-12-5-3-4-8-15-12/h12,15H,3-9H2,1-2H3,(H,16,18). The lowest BCUT2D eigenvalue weighted by Gasteiger charge is -2.23. The highest BCUT2D eigenvalue weighted by Gasteiger charge is 2.15. The van der Waals surface area contributed by atoms with Crippen LogP contribution in [0.2, 0.25) is 0 Å². The van der Waals surface area contributed by atoms with Crippen molar-refractivity contribution >= 4 is 5.91 Å². The topological polar surface area (TPSA) is 67.2 Å². The fourth-order valence-corrected chi connectivity index (χ4v) is 2.51. The van der Waals surface area contributed by atoms with Crippen molar-refractivity contribution in [3.63, 3.8) is 0 Å². The van der Waals surface area contributed by atoms with Crippen LogP contribution in [0.5, 0.6) is 0 Å². The van der Waals surface area contributed by atoms with Crippen molar-refractivity contribution in [3.8, 4) is 0 Å². The van der Waals surface area contributed by atoms with E-state index in [0.29, 0.717) is 19.0 Å². The number of piperidine rings is 1. The van der Waals surface area contributed by atoms with Gasteiger partial charge in [0.05, 0.1) is 5.69 Å². The molecule has 2 N–H and O–H groups in total. The summed E-state index contributed by atoms with van der Waals surface area (Å²) >= 11 is 0. The van der Waals surface area contributed by atoms with Gasteiger partial charge in [-0.1, -0.05) is 11.6 Å². The molecular weight excluding hydrogens is 242 g/mol. The zero-order chi connectivity index (χ0) is 13.7. The van der Waals surface area contributed by atoms with Gasteiger partial charge in [-0.25, -0.2) is 0 Å². The van der Waals surface area contributed by atoms with Gasteiger partial charge in [0.2, 0.25) is 5.91 Å². The normalized spacial score (nSPS) is 19.4. The van der Waals surface area contributed by atoms with E-state index in [1.807, 2.05) is 13.8 Å². The molecule has 5 nitrogen and oxygen atoms in total. The summed E-state index contributed by atoms with van der Waals surface area (Å²) in [4.78, 5) is 11.8.